The van der Waals surface area contributed by atoms with Crippen LogP contribution in [0.15, 0.2) is 18.2 Å². The van der Waals surface area contributed by atoms with E-state index in [-0.39, 0.29) is 0 Å². The molecule has 0 saturated carbocycles. The van der Waals surface area contributed by atoms with Crippen molar-refractivity contribution < 1.29 is 13.2 Å². The van der Waals surface area contributed by atoms with Crippen molar-refractivity contribution in [3.63, 3.8) is 0 Å². The maximum absolute atomic E-state index is 12.1. The quantitative estimate of drug-likeness (QED) is 0.818. The normalized spacial score (nSPS) is 12.3. The largest absolute Gasteiger partial charge is 0.324 e. The first-order valence-corrected chi connectivity index (χ1v) is 8.30. The van der Waals surface area contributed by atoms with Gasteiger partial charge in [0.05, 0.1) is 0 Å². The summed E-state index contributed by atoms with van der Waals surface area (Å²) in [6.07, 6.45) is 1.06. The van der Waals surface area contributed by atoms with Crippen molar-refractivity contribution in [1.29, 1.82) is 0 Å². The van der Waals surface area contributed by atoms with E-state index in [9.17, 15) is 13.2 Å². The van der Waals surface area contributed by atoms with Gasteiger partial charge in [-0.3, -0.25) is 4.79 Å². The lowest BCUT2D eigenvalue weighted by molar-refractivity contribution is -0.117. The third-order valence-electron chi connectivity index (χ3n) is 2.92. The Morgan fingerprint density at radius 1 is 1.33 bits per heavy atom. The maximum atomic E-state index is 12.1. The number of anilines is 1. The molecule has 1 N–H and O–H groups in total. The molecule has 0 fully saturated rings. The molecule has 0 bridgehead atoms. The molecule has 6 heteroatoms. The molecular weight excluding hydrogens is 365 g/mol. The van der Waals surface area contributed by atoms with Crippen molar-refractivity contribution in [3.8, 4) is 0 Å². The third kappa shape index (κ3) is 3.23. The Labute approximate surface area is 121 Å². The lowest BCUT2D eigenvalue weighted by Crippen LogP contribution is -2.44. The topological polar surface area (TPSA) is 63.2 Å². The summed E-state index contributed by atoms with van der Waals surface area (Å²) in [5, 5.41) is 2.67. The van der Waals surface area contributed by atoms with Crippen molar-refractivity contribution in [3.05, 3.63) is 27.3 Å². The van der Waals surface area contributed by atoms with Gasteiger partial charge in [0.25, 0.3) is 0 Å². The minimum atomic E-state index is -3.46. The number of rotatable bonds is 3. The second-order valence-electron chi connectivity index (χ2n) is 4.70. The fourth-order valence-corrected chi connectivity index (χ4v) is 2.05. The first-order chi connectivity index (χ1) is 8.05. The molecule has 0 aliphatic rings. The minimum Gasteiger partial charge on any atom is -0.324 e. The lowest BCUT2D eigenvalue weighted by Gasteiger charge is -2.22. The molecular formula is C12H16INO3S. The Morgan fingerprint density at radius 3 is 2.39 bits per heavy atom. The van der Waals surface area contributed by atoms with Crippen LogP contribution in [0.5, 0.6) is 0 Å². The number of hydrogen-bond acceptors (Lipinski definition) is 3. The molecule has 1 aromatic carbocycles. The smallest absolute Gasteiger partial charge is 0.245 e. The van der Waals surface area contributed by atoms with Crippen LogP contribution in [-0.4, -0.2) is 25.3 Å². The van der Waals surface area contributed by atoms with Crippen LogP contribution < -0.4 is 5.32 Å². The highest BCUT2D eigenvalue weighted by atomic mass is 127. The van der Waals surface area contributed by atoms with Gasteiger partial charge in [0.1, 0.15) is 4.75 Å². The molecule has 1 amide bonds. The third-order valence-corrected chi connectivity index (χ3v) is 5.63. The lowest BCUT2D eigenvalue weighted by atomic mass is 10.1. The Kier molecular flexibility index (Phi) is 4.42. The van der Waals surface area contributed by atoms with E-state index in [0.29, 0.717) is 5.69 Å². The molecule has 0 radical (unpaired) electrons. The second kappa shape index (κ2) is 5.16. The van der Waals surface area contributed by atoms with Gasteiger partial charge in [-0.2, -0.15) is 0 Å². The van der Waals surface area contributed by atoms with Gasteiger partial charge in [0, 0.05) is 15.5 Å². The molecule has 0 spiro atoms. The van der Waals surface area contributed by atoms with Gasteiger partial charge >= 0.3 is 0 Å². The highest BCUT2D eigenvalue weighted by Gasteiger charge is 2.38. The van der Waals surface area contributed by atoms with Crippen molar-refractivity contribution >= 4 is 44.0 Å². The maximum Gasteiger partial charge on any atom is 0.245 e. The van der Waals surface area contributed by atoms with Gasteiger partial charge in [0.2, 0.25) is 5.91 Å². The standard InChI is InChI=1S/C12H16INO3S/c1-8-5-6-9(13)7-10(8)14-11(15)12(2,3)18(4,16)17/h5-7H,1-4H3,(H,14,15). The van der Waals surface area contributed by atoms with Crippen LogP contribution in [0.1, 0.15) is 19.4 Å². The van der Waals surface area contributed by atoms with Crippen molar-refractivity contribution in [2.75, 3.05) is 11.6 Å². The van der Waals surface area contributed by atoms with Crippen LogP contribution in [-0.2, 0) is 14.6 Å². The first kappa shape index (κ1) is 15.4. The van der Waals surface area contributed by atoms with Gasteiger partial charge in [-0.05, 0) is 61.1 Å². The molecule has 0 aliphatic carbocycles. The number of carbonyl (C=O) groups excluding carboxylic acids is 1. The molecule has 0 saturated heterocycles. The molecule has 1 rings (SSSR count). The average Bonchev–Trinajstić information content (AvgIpc) is 2.21. The van der Waals surface area contributed by atoms with E-state index in [0.717, 1.165) is 15.4 Å². The monoisotopic (exact) mass is 381 g/mol. The van der Waals surface area contributed by atoms with E-state index in [1.807, 2.05) is 25.1 Å². The fraction of sp³-hybridized carbons (Fsp3) is 0.417. The van der Waals surface area contributed by atoms with Crippen LogP contribution >= 0.6 is 22.6 Å². The summed E-state index contributed by atoms with van der Waals surface area (Å²) < 4.78 is 22.7. The van der Waals surface area contributed by atoms with E-state index >= 15 is 0 Å². The van der Waals surface area contributed by atoms with Crippen molar-refractivity contribution in [1.82, 2.24) is 0 Å². The minimum absolute atomic E-state index is 0.518. The number of aryl methyl sites for hydroxylation is 1. The molecule has 100 valence electrons. The SMILES string of the molecule is Cc1ccc(I)cc1NC(=O)C(C)(C)S(C)(=O)=O. The molecule has 1 aromatic rings. The summed E-state index contributed by atoms with van der Waals surface area (Å²) in [6.45, 7) is 4.67. The van der Waals surface area contributed by atoms with Gasteiger partial charge in [0.15, 0.2) is 9.84 Å². The predicted molar refractivity (Wildman–Crippen MR) is 81.4 cm³/mol. The Hall–Kier alpha value is -0.630. The highest BCUT2D eigenvalue weighted by Crippen LogP contribution is 2.22. The summed E-state index contributed by atoms with van der Waals surface area (Å²) in [5.74, 6) is -0.518. The van der Waals surface area contributed by atoms with E-state index in [1.165, 1.54) is 13.8 Å². The van der Waals surface area contributed by atoms with Crippen LogP contribution in [0.25, 0.3) is 0 Å². The molecule has 0 heterocycles. The highest BCUT2D eigenvalue weighted by molar-refractivity contribution is 14.1. The Balaban J connectivity index is 3.06. The van der Waals surface area contributed by atoms with E-state index in [2.05, 4.69) is 27.9 Å². The summed E-state index contributed by atoms with van der Waals surface area (Å²) >= 11 is 2.14. The van der Waals surface area contributed by atoms with E-state index in [1.54, 1.807) is 0 Å². The molecule has 0 aliphatic heterocycles. The number of halogens is 1. The van der Waals surface area contributed by atoms with Gasteiger partial charge in [-0.1, -0.05) is 6.07 Å². The van der Waals surface area contributed by atoms with Gasteiger partial charge < -0.3 is 5.32 Å². The number of sulfone groups is 1. The van der Waals surface area contributed by atoms with E-state index < -0.39 is 20.5 Å². The number of amides is 1. The molecule has 0 unspecified atom stereocenters. The van der Waals surface area contributed by atoms with Crippen molar-refractivity contribution in [2.45, 2.75) is 25.5 Å². The van der Waals surface area contributed by atoms with Crippen LogP contribution in [0.2, 0.25) is 0 Å². The summed E-state index contributed by atoms with van der Waals surface area (Å²) in [4.78, 5) is 12.1. The molecule has 18 heavy (non-hydrogen) atoms. The van der Waals surface area contributed by atoms with Gasteiger partial charge in [-0.25, -0.2) is 8.42 Å². The predicted octanol–water partition coefficient (Wildman–Crippen LogP) is 2.36. The van der Waals surface area contributed by atoms with Crippen LogP contribution in [0.4, 0.5) is 5.69 Å². The zero-order valence-corrected chi connectivity index (χ0v) is 13.7. The van der Waals surface area contributed by atoms with Crippen LogP contribution in [0, 0.1) is 10.5 Å². The summed E-state index contributed by atoms with van der Waals surface area (Å²) in [6, 6.07) is 5.62. The zero-order chi connectivity index (χ0) is 14.1. The summed E-state index contributed by atoms with van der Waals surface area (Å²) in [5.41, 5.74) is 1.54. The first-order valence-electron chi connectivity index (χ1n) is 5.33. The summed E-state index contributed by atoms with van der Waals surface area (Å²) in [7, 11) is -3.46. The molecule has 0 aromatic heterocycles. The van der Waals surface area contributed by atoms with E-state index in [4.69, 9.17) is 0 Å². The fourth-order valence-electron chi connectivity index (χ4n) is 1.17. The second-order valence-corrected chi connectivity index (χ2v) is 8.51. The zero-order valence-electron chi connectivity index (χ0n) is 10.7. The van der Waals surface area contributed by atoms with Crippen LogP contribution in [0.3, 0.4) is 0 Å². The molecule has 0 atom stereocenters. The average molecular weight is 381 g/mol. The number of nitrogens with one attached hydrogen (secondary N) is 1. The van der Waals surface area contributed by atoms with Crippen molar-refractivity contribution in [2.24, 2.45) is 0 Å². The Bertz CT molecular complexity index is 579. The Morgan fingerprint density at radius 2 is 1.89 bits per heavy atom. The number of carbonyl (C=O) groups is 1. The number of hydrogen-bond donors (Lipinski definition) is 1. The molecule has 4 nitrogen and oxygen atoms in total. The number of benzene rings is 1. The van der Waals surface area contributed by atoms with Gasteiger partial charge in [-0.15, -0.1) is 0 Å².